The normalized spacial score (nSPS) is 26.6. The highest BCUT2D eigenvalue weighted by Gasteiger charge is 2.61. The number of carbonyl (C=O) groups excluding carboxylic acids is 3. The van der Waals surface area contributed by atoms with Gasteiger partial charge in [0.2, 0.25) is 11.8 Å². The number of pyridine rings is 1. The molecule has 8 atom stereocenters. The number of ether oxygens (including phenoxy) is 3. The van der Waals surface area contributed by atoms with Crippen molar-refractivity contribution in [3.8, 4) is 22.9 Å². The first kappa shape index (κ1) is 48.9. The van der Waals surface area contributed by atoms with Gasteiger partial charge in [0.05, 0.1) is 24.3 Å². The Kier molecular flexibility index (Phi) is 14.4. The molecule has 8 rings (SSSR count). The number of hydrogen-bond donors (Lipinski definition) is 4. The lowest BCUT2D eigenvalue weighted by Crippen LogP contribution is -2.59. The van der Waals surface area contributed by atoms with Crippen LogP contribution >= 0.6 is 22.9 Å². The van der Waals surface area contributed by atoms with Crippen molar-refractivity contribution >= 4 is 62.8 Å². The minimum absolute atomic E-state index is 0.0137. The molecular weight excluding hydrogens is 910 g/mol. The summed E-state index contributed by atoms with van der Waals surface area (Å²) in [6.45, 7) is 14.3. The number of nitrogens with zero attached hydrogens (tertiary/aromatic N) is 5. The standard InChI is InChI=1S/C47H63ClF2N8O8S/c1-7-28-21-47(28,43(61)62)55-41(59)34-19-30(22-58(34)42(60)40(46(4,5)6)54-45(63)66-29-17-26-16-27(26)18-29)65-36-20-32(33-24-67-44(53-33)51-25(2)3)52-39-31(36)8-9-35(38(39)48)64-15-14-56-10-12-57(13-11-56)23-37(49)50/h8-9,20,24-30,34,37,40H,7,10-19,21-23H2,1-6H3,(H,51,53)(H,54,63)(H,55,59)(H,61,62)/t26-,27+,28-,29?,30-,34+,40-,47-/m1/s1. The summed E-state index contributed by atoms with van der Waals surface area (Å²) in [5, 5.41) is 22.5. The highest BCUT2D eigenvalue weighted by Crippen LogP contribution is 2.52. The summed E-state index contributed by atoms with van der Waals surface area (Å²) in [6, 6.07) is 3.16. The topological polar surface area (TPSA) is 188 Å². The monoisotopic (exact) mass is 972 g/mol. The maximum atomic E-state index is 14.8. The number of benzene rings is 1. The molecule has 5 aliphatic rings. The quantitative estimate of drug-likeness (QED) is 0.105. The van der Waals surface area contributed by atoms with Gasteiger partial charge in [0.1, 0.15) is 58.7 Å². The first-order valence-electron chi connectivity index (χ1n) is 23.5. The number of aliphatic carboxylic acids is 1. The Morgan fingerprint density at radius 3 is 2.34 bits per heavy atom. The third-order valence-corrected chi connectivity index (χ3v) is 15.0. The number of nitrogens with one attached hydrogen (secondary N) is 3. The van der Waals surface area contributed by atoms with Gasteiger partial charge in [-0.25, -0.2) is 28.3 Å². The number of rotatable bonds is 18. The van der Waals surface area contributed by atoms with Crippen molar-refractivity contribution in [3.05, 3.63) is 28.6 Å². The molecule has 0 radical (unpaired) electrons. The van der Waals surface area contributed by atoms with Gasteiger partial charge in [0.15, 0.2) is 5.13 Å². The number of anilines is 1. The number of halogens is 3. The van der Waals surface area contributed by atoms with Crippen LogP contribution in [-0.4, -0.2) is 148 Å². The fourth-order valence-electron chi connectivity index (χ4n) is 9.95. The molecule has 366 valence electrons. The molecular formula is C47H63ClF2N8O8S. The third kappa shape index (κ3) is 11.2. The van der Waals surface area contributed by atoms with Crippen LogP contribution in [0.15, 0.2) is 23.6 Å². The molecule has 3 saturated carbocycles. The highest BCUT2D eigenvalue weighted by molar-refractivity contribution is 7.14. The number of carboxylic acids is 1. The summed E-state index contributed by atoms with van der Waals surface area (Å²) in [5.41, 5.74) is -0.869. The molecule has 2 saturated heterocycles. The Morgan fingerprint density at radius 2 is 1.70 bits per heavy atom. The Hall–Kier alpha value is -4.59. The molecule has 3 aromatic rings. The smallest absolute Gasteiger partial charge is 0.408 e. The predicted octanol–water partition coefficient (Wildman–Crippen LogP) is 6.75. The number of thiazole rings is 1. The summed E-state index contributed by atoms with van der Waals surface area (Å²) in [5.74, 6) is -0.618. The van der Waals surface area contributed by atoms with Crippen LogP contribution in [0.3, 0.4) is 0 Å². The van der Waals surface area contributed by atoms with E-state index in [2.05, 4.69) is 20.9 Å². The average molecular weight is 974 g/mol. The molecule has 2 aliphatic heterocycles. The predicted molar refractivity (Wildman–Crippen MR) is 250 cm³/mol. The van der Waals surface area contributed by atoms with Crippen LogP contribution < -0.4 is 25.4 Å². The second kappa shape index (κ2) is 19.8. The number of hydrogen-bond acceptors (Lipinski definition) is 13. The summed E-state index contributed by atoms with van der Waals surface area (Å²) in [7, 11) is 0. The summed E-state index contributed by atoms with van der Waals surface area (Å²) in [6.07, 6.45) is -0.449. The van der Waals surface area contributed by atoms with E-state index in [-0.39, 0.29) is 49.0 Å². The summed E-state index contributed by atoms with van der Waals surface area (Å²) < 4.78 is 44.7. The van der Waals surface area contributed by atoms with Crippen molar-refractivity contribution in [1.29, 1.82) is 0 Å². The number of amides is 3. The van der Waals surface area contributed by atoms with E-state index >= 15 is 0 Å². The number of aromatic nitrogens is 2. The fourth-order valence-corrected chi connectivity index (χ4v) is 11.1. The molecule has 16 nitrogen and oxygen atoms in total. The van der Waals surface area contributed by atoms with E-state index < -0.39 is 59.4 Å². The lowest BCUT2D eigenvalue weighted by atomic mass is 9.85. The van der Waals surface area contributed by atoms with E-state index in [4.69, 9.17) is 35.8 Å². The number of fused-ring (bicyclic) bond motifs is 2. The van der Waals surface area contributed by atoms with Crippen LogP contribution in [0.4, 0.5) is 18.7 Å². The maximum Gasteiger partial charge on any atom is 0.408 e. The van der Waals surface area contributed by atoms with Crippen molar-refractivity contribution in [2.24, 2.45) is 23.2 Å². The van der Waals surface area contributed by atoms with E-state index in [1.54, 1.807) is 23.1 Å². The minimum atomic E-state index is -2.37. The largest absolute Gasteiger partial charge is 0.491 e. The molecule has 4 heterocycles. The Balaban J connectivity index is 1.06. The number of carboxylic acid groups (broad SMARTS) is 1. The Morgan fingerprint density at radius 1 is 0.985 bits per heavy atom. The number of alkyl carbamates (subject to hydrolysis) is 1. The number of carbonyl (C=O) groups is 4. The van der Waals surface area contributed by atoms with Gasteiger partial charge >= 0.3 is 12.1 Å². The molecule has 1 unspecified atom stereocenters. The average Bonchev–Trinajstić information content (AvgIpc) is 3.93. The van der Waals surface area contributed by atoms with Crippen molar-refractivity contribution in [1.82, 2.24) is 35.3 Å². The van der Waals surface area contributed by atoms with E-state index in [9.17, 15) is 33.1 Å². The number of likely N-dealkylation sites (tertiary alicyclic amines) is 1. The molecule has 0 bridgehead atoms. The van der Waals surface area contributed by atoms with Gasteiger partial charge in [0, 0.05) is 62.0 Å². The van der Waals surface area contributed by atoms with Crippen LogP contribution in [0.25, 0.3) is 22.3 Å². The summed E-state index contributed by atoms with van der Waals surface area (Å²) >= 11 is 8.53. The van der Waals surface area contributed by atoms with E-state index in [1.807, 2.05) is 46.9 Å². The van der Waals surface area contributed by atoms with E-state index in [1.165, 1.54) is 16.2 Å². The zero-order valence-electron chi connectivity index (χ0n) is 39.0. The van der Waals surface area contributed by atoms with Crippen molar-refractivity contribution in [3.63, 3.8) is 0 Å². The van der Waals surface area contributed by atoms with Crippen LogP contribution in [0.1, 0.15) is 80.1 Å². The van der Waals surface area contributed by atoms with Crippen LogP contribution in [0.5, 0.6) is 11.5 Å². The number of piperazine rings is 1. The molecule has 20 heteroatoms. The van der Waals surface area contributed by atoms with Gasteiger partial charge < -0.3 is 40.2 Å². The summed E-state index contributed by atoms with van der Waals surface area (Å²) in [4.78, 5) is 70.2. The van der Waals surface area contributed by atoms with Gasteiger partial charge in [-0.2, -0.15) is 0 Å². The second-order valence-corrected chi connectivity index (χ2v) is 21.5. The van der Waals surface area contributed by atoms with Gasteiger partial charge in [0.25, 0.3) is 6.43 Å². The molecule has 3 aliphatic carbocycles. The van der Waals surface area contributed by atoms with Crippen LogP contribution in [0.2, 0.25) is 5.02 Å². The van der Waals surface area contributed by atoms with E-state index in [0.717, 1.165) is 19.3 Å². The molecule has 5 fully saturated rings. The molecule has 1 aromatic carbocycles. The van der Waals surface area contributed by atoms with Crippen molar-refractivity contribution < 1.29 is 47.3 Å². The zero-order chi connectivity index (χ0) is 47.9. The lowest BCUT2D eigenvalue weighted by Gasteiger charge is -2.35. The first-order chi connectivity index (χ1) is 31.8. The lowest BCUT2D eigenvalue weighted by molar-refractivity contribution is -0.146. The Bertz CT molecular complexity index is 2320. The maximum absolute atomic E-state index is 14.8. The molecule has 67 heavy (non-hydrogen) atoms. The molecule has 4 N–H and O–H groups in total. The number of alkyl halides is 2. The van der Waals surface area contributed by atoms with Crippen molar-refractivity contribution in [2.75, 3.05) is 57.7 Å². The SMILES string of the molecule is CC[C@@H]1C[C@]1(NC(=O)[C@@H]1C[C@@H](Oc2cc(-c3csc(NC(C)C)n3)nc3c(Cl)c(OCCN4CCN(CC(F)F)CC4)ccc23)CN1C(=O)[C@@H](NC(=O)OC1C[C@@H]2C[C@@H]2C1)C(C)(C)C)C(=O)O. The zero-order valence-corrected chi connectivity index (χ0v) is 40.6. The fraction of sp³-hybridized carbons (Fsp3) is 0.660. The first-order valence-corrected chi connectivity index (χ1v) is 24.8. The molecule has 0 spiro atoms. The minimum Gasteiger partial charge on any atom is -0.491 e. The van der Waals surface area contributed by atoms with Crippen LogP contribution in [-0.2, 0) is 19.1 Å². The third-order valence-electron chi connectivity index (χ3n) is 13.9. The van der Waals surface area contributed by atoms with Gasteiger partial charge in [-0.05, 0) is 74.8 Å². The Labute approximate surface area is 398 Å². The molecule has 2 aromatic heterocycles. The van der Waals surface area contributed by atoms with Gasteiger partial charge in [-0.3, -0.25) is 19.4 Å². The molecule has 3 amide bonds. The second-order valence-electron chi connectivity index (χ2n) is 20.3. The van der Waals surface area contributed by atoms with Gasteiger partial charge in [-0.1, -0.05) is 45.7 Å². The van der Waals surface area contributed by atoms with Gasteiger partial charge in [-0.15, -0.1) is 11.3 Å². The highest BCUT2D eigenvalue weighted by atomic mass is 35.5. The van der Waals surface area contributed by atoms with Crippen molar-refractivity contribution in [2.45, 2.75) is 122 Å². The van der Waals surface area contributed by atoms with Crippen LogP contribution in [0, 0.1) is 23.2 Å². The van der Waals surface area contributed by atoms with E-state index in [0.29, 0.717) is 96.5 Å².